The first kappa shape index (κ1) is 18.4. The number of carbonyl (C=O) groups is 1. The van der Waals surface area contributed by atoms with E-state index in [0.29, 0.717) is 12.2 Å². The SMILES string of the molecule is CC1CCCC(CCNC(=O)c2csc(CCN)n2)C1.Cl. The summed E-state index contributed by atoms with van der Waals surface area (Å²) < 4.78 is 0. The second-order valence-electron chi connectivity index (χ2n) is 5.85. The summed E-state index contributed by atoms with van der Waals surface area (Å²) in [6.07, 6.45) is 7.18. The van der Waals surface area contributed by atoms with Gasteiger partial charge in [-0.25, -0.2) is 4.98 Å². The van der Waals surface area contributed by atoms with E-state index >= 15 is 0 Å². The van der Waals surface area contributed by atoms with Crippen molar-refractivity contribution in [2.24, 2.45) is 17.6 Å². The molecule has 0 radical (unpaired) electrons. The molecule has 2 rings (SSSR count). The van der Waals surface area contributed by atoms with Crippen molar-refractivity contribution >= 4 is 29.7 Å². The lowest BCUT2D eigenvalue weighted by molar-refractivity contribution is 0.0945. The Morgan fingerprint density at radius 1 is 1.52 bits per heavy atom. The molecule has 1 aromatic rings. The quantitative estimate of drug-likeness (QED) is 0.842. The van der Waals surface area contributed by atoms with Crippen molar-refractivity contribution in [3.63, 3.8) is 0 Å². The predicted octanol–water partition coefficient (Wildman–Crippen LogP) is 3.01. The maximum Gasteiger partial charge on any atom is 0.270 e. The number of amides is 1. The van der Waals surface area contributed by atoms with Crippen LogP contribution in [0.2, 0.25) is 0 Å². The van der Waals surface area contributed by atoms with Crippen molar-refractivity contribution in [1.82, 2.24) is 10.3 Å². The van der Waals surface area contributed by atoms with E-state index in [9.17, 15) is 4.79 Å². The number of hydrogen-bond acceptors (Lipinski definition) is 4. The normalized spacial score (nSPS) is 21.6. The number of nitrogens with one attached hydrogen (secondary N) is 1. The summed E-state index contributed by atoms with van der Waals surface area (Å²) in [5, 5.41) is 5.76. The lowest BCUT2D eigenvalue weighted by atomic mass is 9.81. The number of thiazole rings is 1. The standard InChI is InChI=1S/C15H25N3OS.ClH/c1-11-3-2-4-12(9-11)6-8-17-15(19)13-10-20-14(18-13)5-7-16;/h10-12H,2-9,16H2,1H3,(H,17,19);1H. The van der Waals surface area contributed by atoms with Crippen molar-refractivity contribution in [3.8, 4) is 0 Å². The fraction of sp³-hybridized carbons (Fsp3) is 0.733. The summed E-state index contributed by atoms with van der Waals surface area (Å²) in [5.41, 5.74) is 6.02. The molecular formula is C15H26ClN3OS. The van der Waals surface area contributed by atoms with E-state index in [1.807, 2.05) is 5.38 Å². The van der Waals surface area contributed by atoms with Crippen LogP contribution in [0.5, 0.6) is 0 Å². The number of carbonyl (C=O) groups excluding carboxylic acids is 1. The molecule has 3 N–H and O–H groups in total. The van der Waals surface area contributed by atoms with Crippen molar-refractivity contribution in [2.45, 2.75) is 45.4 Å². The van der Waals surface area contributed by atoms with Crippen LogP contribution < -0.4 is 11.1 Å². The summed E-state index contributed by atoms with van der Waals surface area (Å²) in [7, 11) is 0. The molecule has 4 nitrogen and oxygen atoms in total. The highest BCUT2D eigenvalue weighted by atomic mass is 35.5. The zero-order chi connectivity index (χ0) is 14.4. The minimum Gasteiger partial charge on any atom is -0.351 e. The Balaban J connectivity index is 0.00000220. The molecule has 1 fully saturated rings. The van der Waals surface area contributed by atoms with Gasteiger partial charge < -0.3 is 11.1 Å². The molecule has 0 bridgehead atoms. The second kappa shape index (κ2) is 9.38. The zero-order valence-corrected chi connectivity index (χ0v) is 14.3. The molecule has 1 aliphatic carbocycles. The number of rotatable bonds is 6. The highest BCUT2D eigenvalue weighted by molar-refractivity contribution is 7.09. The molecule has 21 heavy (non-hydrogen) atoms. The first-order valence-electron chi connectivity index (χ1n) is 7.61. The number of halogens is 1. The zero-order valence-electron chi connectivity index (χ0n) is 12.6. The number of aromatic nitrogens is 1. The molecule has 1 aromatic heterocycles. The van der Waals surface area contributed by atoms with Crippen molar-refractivity contribution in [3.05, 3.63) is 16.1 Å². The molecule has 1 aliphatic rings. The van der Waals surface area contributed by atoms with E-state index in [1.165, 1.54) is 37.0 Å². The van der Waals surface area contributed by atoms with Gasteiger partial charge in [0.05, 0.1) is 5.01 Å². The van der Waals surface area contributed by atoms with Gasteiger partial charge in [0.1, 0.15) is 5.69 Å². The summed E-state index contributed by atoms with van der Waals surface area (Å²) in [5.74, 6) is 1.58. The summed E-state index contributed by atoms with van der Waals surface area (Å²) in [6, 6.07) is 0. The molecule has 6 heteroatoms. The van der Waals surface area contributed by atoms with E-state index in [0.717, 1.165) is 36.2 Å². The van der Waals surface area contributed by atoms with Gasteiger partial charge in [-0.1, -0.05) is 26.2 Å². The van der Waals surface area contributed by atoms with Gasteiger partial charge in [0.2, 0.25) is 0 Å². The van der Waals surface area contributed by atoms with Crippen LogP contribution in [0, 0.1) is 11.8 Å². The maximum atomic E-state index is 12.0. The van der Waals surface area contributed by atoms with Gasteiger partial charge in [-0.2, -0.15) is 0 Å². The highest BCUT2D eigenvalue weighted by Crippen LogP contribution is 2.30. The van der Waals surface area contributed by atoms with Crippen LogP contribution in [0.1, 0.15) is 54.5 Å². The maximum absolute atomic E-state index is 12.0. The third kappa shape index (κ3) is 5.93. The third-order valence-electron chi connectivity index (χ3n) is 4.03. The van der Waals surface area contributed by atoms with Gasteiger partial charge in [-0.05, 0) is 31.2 Å². The fourth-order valence-electron chi connectivity index (χ4n) is 2.96. The van der Waals surface area contributed by atoms with Gasteiger partial charge >= 0.3 is 0 Å². The van der Waals surface area contributed by atoms with E-state index in [4.69, 9.17) is 5.73 Å². The first-order valence-corrected chi connectivity index (χ1v) is 8.49. The van der Waals surface area contributed by atoms with Gasteiger partial charge in [0, 0.05) is 18.3 Å². The lowest BCUT2D eigenvalue weighted by Gasteiger charge is -2.26. The average Bonchev–Trinajstić information content (AvgIpc) is 2.88. The van der Waals surface area contributed by atoms with Crippen molar-refractivity contribution < 1.29 is 4.79 Å². The molecule has 2 unspecified atom stereocenters. The second-order valence-corrected chi connectivity index (χ2v) is 6.79. The van der Waals surface area contributed by atoms with Gasteiger partial charge in [-0.15, -0.1) is 23.7 Å². The van der Waals surface area contributed by atoms with Crippen LogP contribution in [0.3, 0.4) is 0 Å². The molecule has 0 spiro atoms. The third-order valence-corrected chi connectivity index (χ3v) is 4.93. The van der Waals surface area contributed by atoms with E-state index in [2.05, 4.69) is 17.2 Å². The van der Waals surface area contributed by atoms with Crippen LogP contribution in [-0.4, -0.2) is 24.0 Å². The molecule has 1 amide bonds. The molecule has 1 saturated carbocycles. The number of hydrogen-bond donors (Lipinski definition) is 2. The summed E-state index contributed by atoms with van der Waals surface area (Å²) >= 11 is 1.51. The van der Waals surface area contributed by atoms with Gasteiger partial charge in [0.15, 0.2) is 0 Å². The van der Waals surface area contributed by atoms with E-state index < -0.39 is 0 Å². The summed E-state index contributed by atoms with van der Waals surface area (Å²) in [4.78, 5) is 16.3. The van der Waals surface area contributed by atoms with E-state index in [-0.39, 0.29) is 18.3 Å². The van der Waals surface area contributed by atoms with E-state index in [1.54, 1.807) is 0 Å². The predicted molar refractivity (Wildman–Crippen MR) is 90.2 cm³/mol. The van der Waals surface area contributed by atoms with Gasteiger partial charge in [0.25, 0.3) is 5.91 Å². The first-order chi connectivity index (χ1) is 9.69. The highest BCUT2D eigenvalue weighted by Gasteiger charge is 2.19. The smallest absolute Gasteiger partial charge is 0.270 e. The molecule has 0 aliphatic heterocycles. The Hall–Kier alpha value is -0.650. The molecule has 120 valence electrons. The average molecular weight is 332 g/mol. The Morgan fingerprint density at radius 3 is 3.05 bits per heavy atom. The molecule has 1 heterocycles. The Morgan fingerprint density at radius 2 is 2.33 bits per heavy atom. The molecule has 0 saturated heterocycles. The van der Waals surface area contributed by atoms with Crippen LogP contribution >= 0.6 is 23.7 Å². The molecule has 2 atom stereocenters. The fourth-order valence-corrected chi connectivity index (χ4v) is 3.75. The van der Waals surface area contributed by atoms with Crippen LogP contribution in [0.25, 0.3) is 0 Å². The molecule has 0 aromatic carbocycles. The van der Waals surface area contributed by atoms with Gasteiger partial charge in [-0.3, -0.25) is 4.79 Å². The Labute approximate surface area is 137 Å². The largest absolute Gasteiger partial charge is 0.351 e. The lowest BCUT2D eigenvalue weighted by Crippen LogP contribution is -2.27. The van der Waals surface area contributed by atoms with Crippen LogP contribution in [0.15, 0.2) is 5.38 Å². The Bertz CT molecular complexity index is 438. The Kier molecular flexibility index (Phi) is 8.22. The summed E-state index contributed by atoms with van der Waals surface area (Å²) in [6.45, 7) is 3.67. The monoisotopic (exact) mass is 331 g/mol. The topological polar surface area (TPSA) is 68.0 Å². The molecular weight excluding hydrogens is 306 g/mol. The van der Waals surface area contributed by atoms with Crippen molar-refractivity contribution in [2.75, 3.05) is 13.1 Å². The van der Waals surface area contributed by atoms with Crippen LogP contribution in [-0.2, 0) is 6.42 Å². The number of nitrogens with two attached hydrogens (primary N) is 1. The number of nitrogens with zero attached hydrogens (tertiary/aromatic N) is 1. The van der Waals surface area contributed by atoms with Crippen molar-refractivity contribution in [1.29, 1.82) is 0 Å². The minimum atomic E-state index is -0.0478. The minimum absolute atomic E-state index is 0. The van der Waals surface area contributed by atoms with Crippen LogP contribution in [0.4, 0.5) is 0 Å².